The summed E-state index contributed by atoms with van der Waals surface area (Å²) in [5.74, 6) is -0.0212. The second kappa shape index (κ2) is 17.7. The summed E-state index contributed by atoms with van der Waals surface area (Å²) in [5, 5.41) is 7.94. The molecule has 0 amide bonds. The van der Waals surface area contributed by atoms with Crippen molar-refractivity contribution in [2.75, 3.05) is 37.4 Å². The highest BCUT2D eigenvalue weighted by Gasteiger charge is 2.38. The van der Waals surface area contributed by atoms with Gasteiger partial charge in [-0.3, -0.25) is 9.36 Å². The van der Waals surface area contributed by atoms with Gasteiger partial charge in [-0.2, -0.15) is 0 Å². The minimum absolute atomic E-state index is 0.0125. The largest absolute Gasteiger partial charge is 0.490 e. The van der Waals surface area contributed by atoms with Crippen molar-refractivity contribution in [3.63, 3.8) is 0 Å². The van der Waals surface area contributed by atoms with E-state index in [4.69, 9.17) is 21.1 Å². The average molecular weight is 684 g/mol. The maximum absolute atomic E-state index is 12.6. The van der Waals surface area contributed by atoms with Gasteiger partial charge in [0.1, 0.15) is 5.40 Å². The average Bonchev–Trinajstić information content (AvgIpc) is 3.00. The summed E-state index contributed by atoms with van der Waals surface area (Å²) in [6, 6.07) is 12.2. The van der Waals surface area contributed by atoms with Crippen LogP contribution in [-0.4, -0.2) is 67.7 Å². The zero-order valence-electron chi connectivity index (χ0n) is 25.3. The molecule has 2 atom stereocenters. The number of nitrogens with one attached hydrogen (secondary N) is 3. The molecule has 2 unspecified atom stereocenters. The van der Waals surface area contributed by atoms with Crippen molar-refractivity contribution in [3.05, 3.63) is 53.7 Å². The third-order valence-corrected chi connectivity index (χ3v) is 10.3. The number of nitrogens with zero attached hydrogens (tertiary/aromatic N) is 2. The Morgan fingerprint density at radius 3 is 2.58 bits per heavy atom. The van der Waals surface area contributed by atoms with Crippen LogP contribution in [-0.2, 0) is 9.36 Å². The molecule has 0 radical (unpaired) electrons. The van der Waals surface area contributed by atoms with E-state index in [-0.39, 0.29) is 24.1 Å². The van der Waals surface area contributed by atoms with Crippen LogP contribution in [0.4, 0.5) is 17.3 Å². The van der Waals surface area contributed by atoms with Crippen LogP contribution < -0.4 is 25.4 Å². The first-order valence-corrected chi connectivity index (χ1v) is 17.8. The van der Waals surface area contributed by atoms with Gasteiger partial charge in [-0.25, -0.2) is 9.97 Å². The van der Waals surface area contributed by atoms with E-state index in [2.05, 4.69) is 39.8 Å². The van der Waals surface area contributed by atoms with E-state index >= 15 is 0 Å². The van der Waals surface area contributed by atoms with Crippen molar-refractivity contribution in [1.29, 1.82) is 0 Å². The van der Waals surface area contributed by atoms with Crippen LogP contribution >= 0.6 is 27.6 Å². The molecule has 0 saturated heterocycles. The molecule has 0 aliphatic carbocycles. The molecule has 3 aromatic rings. The normalized spacial score (nSPS) is 12.9. The minimum atomic E-state index is -4.97. The maximum atomic E-state index is 12.6. The number of rotatable bonds is 18. The summed E-state index contributed by atoms with van der Waals surface area (Å²) in [4.78, 5) is 59.1. The summed E-state index contributed by atoms with van der Waals surface area (Å²) in [6.45, 7) is 6.23. The molecule has 0 saturated carbocycles. The van der Waals surface area contributed by atoms with Gasteiger partial charge in [0.25, 0.3) is 0 Å². The first kappa shape index (κ1) is 36.6. The van der Waals surface area contributed by atoms with Crippen LogP contribution in [0.3, 0.4) is 0 Å². The topological polar surface area (TPSA) is 195 Å². The van der Waals surface area contributed by atoms with Gasteiger partial charge in [0.15, 0.2) is 19.9 Å². The summed E-state index contributed by atoms with van der Waals surface area (Å²) in [7, 11) is -6.25. The third-order valence-electron chi connectivity index (χ3n) is 6.86. The monoisotopic (exact) mass is 683 g/mol. The molecule has 16 heteroatoms. The van der Waals surface area contributed by atoms with Gasteiger partial charge in [-0.15, -0.1) is 0 Å². The lowest BCUT2D eigenvalue weighted by molar-refractivity contribution is -0.134. The Bertz CT molecular complexity index is 1460. The van der Waals surface area contributed by atoms with Crippen molar-refractivity contribution in [2.24, 2.45) is 5.92 Å². The SMILES string of the molecule is CCC(C)CCNCCCOc1cc(Nc2ncc(Cl)c(-c3cccc(NC)c3)n2)ccc1OC(=O)CC(P(O)O)P(=O)(O)O. The van der Waals surface area contributed by atoms with E-state index in [1.54, 1.807) is 12.1 Å². The van der Waals surface area contributed by atoms with E-state index in [0.717, 1.165) is 30.6 Å². The second-order valence-corrected chi connectivity index (χ2v) is 14.2. The van der Waals surface area contributed by atoms with Crippen LogP contribution in [0.15, 0.2) is 48.7 Å². The van der Waals surface area contributed by atoms with Gasteiger partial charge in [0.05, 0.1) is 29.9 Å². The quantitative estimate of drug-likeness (QED) is 0.0386. The minimum Gasteiger partial charge on any atom is -0.490 e. The molecular weight excluding hydrogens is 644 g/mol. The molecule has 0 fully saturated rings. The van der Waals surface area contributed by atoms with Gasteiger partial charge in [0, 0.05) is 30.1 Å². The van der Waals surface area contributed by atoms with E-state index in [0.29, 0.717) is 35.3 Å². The molecule has 2 aromatic carbocycles. The fourth-order valence-electron chi connectivity index (χ4n) is 4.07. The van der Waals surface area contributed by atoms with Crippen molar-refractivity contribution in [2.45, 2.75) is 44.9 Å². The fraction of sp³-hybridized carbons (Fsp3) is 0.414. The summed E-state index contributed by atoms with van der Waals surface area (Å²) in [5.41, 5.74) is 2.68. The Kier molecular flexibility index (Phi) is 14.4. The van der Waals surface area contributed by atoms with Crippen molar-refractivity contribution in [1.82, 2.24) is 15.3 Å². The highest BCUT2D eigenvalue weighted by molar-refractivity contribution is 7.68. The Hall–Kier alpha value is -2.86. The van der Waals surface area contributed by atoms with Crippen LogP contribution in [0.25, 0.3) is 11.3 Å². The molecule has 0 aliphatic rings. The van der Waals surface area contributed by atoms with Crippen molar-refractivity contribution >= 4 is 50.9 Å². The Morgan fingerprint density at radius 2 is 1.89 bits per heavy atom. The third kappa shape index (κ3) is 11.8. The zero-order valence-corrected chi connectivity index (χ0v) is 27.9. The second-order valence-electron chi connectivity index (χ2n) is 10.3. The number of anilines is 3. The number of esters is 1. The highest BCUT2D eigenvalue weighted by atomic mass is 35.5. The Morgan fingerprint density at radius 1 is 1.11 bits per heavy atom. The molecule has 3 rings (SSSR count). The Balaban J connectivity index is 1.78. The maximum Gasteiger partial charge on any atom is 0.338 e. The van der Waals surface area contributed by atoms with E-state index < -0.39 is 33.8 Å². The van der Waals surface area contributed by atoms with Gasteiger partial charge in [-0.1, -0.05) is 44.0 Å². The summed E-state index contributed by atoms with van der Waals surface area (Å²) < 4.78 is 22.9. The van der Waals surface area contributed by atoms with Gasteiger partial charge in [-0.05, 0) is 56.1 Å². The number of hydrogen-bond donors (Lipinski definition) is 7. The summed E-state index contributed by atoms with van der Waals surface area (Å²) in [6.07, 6.45) is 3.42. The molecule has 7 N–H and O–H groups in total. The lowest BCUT2D eigenvalue weighted by Gasteiger charge is -2.19. The number of hydrogen-bond acceptors (Lipinski definition) is 11. The number of carbonyl (C=O) groups excluding carboxylic acids is 1. The predicted octanol–water partition coefficient (Wildman–Crippen LogP) is 5.47. The lowest BCUT2D eigenvalue weighted by Crippen LogP contribution is -2.20. The number of halogens is 1. The number of carbonyl (C=O) groups is 1. The molecular formula is C29H40ClN5O8P2. The standard InChI is InChI=1S/C29H40ClN5O8P2/c1-4-19(2)11-13-32-12-6-14-42-25-16-22(9-10-24(25)43-26(36)17-27(44(37)38)45(39,40)41)34-29-33-18-23(30)28(35-29)20-7-5-8-21(15-20)31-3/h5,7-10,15-16,18-19,27,31-32,37-38H,4,6,11-14,17H2,1-3H3,(H,33,34,35)(H2,39,40,41). The molecule has 13 nitrogen and oxygen atoms in total. The molecule has 1 heterocycles. The highest BCUT2D eigenvalue weighted by Crippen LogP contribution is 2.56. The van der Waals surface area contributed by atoms with Gasteiger partial charge >= 0.3 is 13.6 Å². The smallest absolute Gasteiger partial charge is 0.338 e. The molecule has 1 aromatic heterocycles. The Labute approximate surface area is 268 Å². The van der Waals surface area contributed by atoms with Crippen molar-refractivity contribution in [3.8, 4) is 22.8 Å². The molecule has 0 aliphatic heterocycles. The van der Waals surface area contributed by atoms with Crippen molar-refractivity contribution < 1.29 is 38.4 Å². The molecule has 246 valence electrons. The van der Waals surface area contributed by atoms with E-state index in [1.165, 1.54) is 12.3 Å². The number of ether oxygens (including phenoxy) is 2. The van der Waals surface area contributed by atoms with Crippen LogP contribution in [0.2, 0.25) is 5.02 Å². The lowest BCUT2D eigenvalue weighted by atomic mass is 10.1. The van der Waals surface area contributed by atoms with Crippen LogP contribution in [0.5, 0.6) is 11.5 Å². The first-order valence-electron chi connectivity index (χ1n) is 14.4. The molecule has 0 bridgehead atoms. The van der Waals surface area contributed by atoms with Gasteiger partial charge < -0.3 is 45.0 Å². The molecule has 45 heavy (non-hydrogen) atoms. The van der Waals surface area contributed by atoms with E-state index in [1.807, 2.05) is 31.3 Å². The van der Waals surface area contributed by atoms with Gasteiger partial charge in [0.2, 0.25) is 5.95 Å². The number of benzene rings is 2. The fourth-order valence-corrected chi connectivity index (χ4v) is 6.04. The first-order chi connectivity index (χ1) is 21.4. The number of aromatic nitrogens is 2. The van der Waals surface area contributed by atoms with E-state index in [9.17, 15) is 28.9 Å². The van der Waals surface area contributed by atoms with Crippen LogP contribution in [0, 0.1) is 5.92 Å². The zero-order chi connectivity index (χ0) is 33.0. The summed E-state index contributed by atoms with van der Waals surface area (Å²) >= 11 is 6.41. The predicted molar refractivity (Wildman–Crippen MR) is 176 cm³/mol. The molecule has 0 spiro atoms. The van der Waals surface area contributed by atoms with Crippen LogP contribution in [0.1, 0.15) is 39.5 Å².